The van der Waals surface area contributed by atoms with Crippen molar-refractivity contribution in [3.63, 3.8) is 0 Å². The first-order chi connectivity index (χ1) is 12.2. The smallest absolute Gasteiger partial charge is 0.268 e. The second kappa shape index (κ2) is 6.58. The van der Waals surface area contributed by atoms with Crippen LogP contribution in [0.3, 0.4) is 0 Å². The summed E-state index contributed by atoms with van der Waals surface area (Å²) in [5, 5.41) is 12.1. The second-order valence-corrected chi connectivity index (χ2v) is 7.09. The van der Waals surface area contributed by atoms with E-state index in [1.807, 2.05) is 17.5 Å². The lowest BCUT2D eigenvalue weighted by molar-refractivity contribution is 0.103. The standard InChI is InChI=1S/C17H11FN4OS2/c18-11-5-2-1-4-10(11)17-19-9-14(25-17)16(23)20-15-8-12(21-22-15)13-6-3-7-24-13/h1-9H,(H2,20,21,22,23). The largest absolute Gasteiger partial charge is 0.304 e. The number of amides is 1. The van der Waals surface area contributed by atoms with Crippen molar-refractivity contribution in [2.45, 2.75) is 0 Å². The zero-order valence-corrected chi connectivity index (χ0v) is 14.3. The number of benzene rings is 1. The number of thiazole rings is 1. The summed E-state index contributed by atoms with van der Waals surface area (Å²) >= 11 is 2.71. The number of carbonyl (C=O) groups is 1. The topological polar surface area (TPSA) is 70.7 Å². The first-order valence-electron chi connectivity index (χ1n) is 7.32. The van der Waals surface area contributed by atoms with Crippen LogP contribution in [0.1, 0.15) is 9.67 Å². The van der Waals surface area contributed by atoms with Crippen molar-refractivity contribution >= 4 is 34.4 Å². The molecule has 0 unspecified atom stereocenters. The van der Waals surface area contributed by atoms with Gasteiger partial charge in [-0.2, -0.15) is 5.10 Å². The molecule has 0 fully saturated rings. The van der Waals surface area contributed by atoms with Crippen molar-refractivity contribution in [1.82, 2.24) is 15.2 Å². The Bertz CT molecular complexity index is 1020. The number of anilines is 1. The maximum absolute atomic E-state index is 13.8. The minimum absolute atomic E-state index is 0.329. The molecule has 4 rings (SSSR count). The first-order valence-corrected chi connectivity index (χ1v) is 9.02. The van der Waals surface area contributed by atoms with E-state index < -0.39 is 0 Å². The highest BCUT2D eigenvalue weighted by Gasteiger charge is 2.15. The Morgan fingerprint density at radius 1 is 1.20 bits per heavy atom. The van der Waals surface area contributed by atoms with E-state index >= 15 is 0 Å². The van der Waals surface area contributed by atoms with Gasteiger partial charge in [-0.25, -0.2) is 9.37 Å². The van der Waals surface area contributed by atoms with Crippen LogP contribution in [0, 0.1) is 5.82 Å². The van der Waals surface area contributed by atoms with Gasteiger partial charge in [-0.3, -0.25) is 9.89 Å². The van der Waals surface area contributed by atoms with Gasteiger partial charge in [0.1, 0.15) is 15.7 Å². The van der Waals surface area contributed by atoms with E-state index in [1.54, 1.807) is 35.6 Å². The summed E-state index contributed by atoms with van der Waals surface area (Å²) in [6.45, 7) is 0. The number of aromatic nitrogens is 3. The first kappa shape index (κ1) is 15.7. The molecule has 0 bridgehead atoms. The quantitative estimate of drug-likeness (QED) is 0.549. The Hall–Kier alpha value is -2.84. The number of hydrogen-bond acceptors (Lipinski definition) is 5. The van der Waals surface area contributed by atoms with E-state index in [0.29, 0.717) is 21.3 Å². The molecule has 0 radical (unpaired) electrons. The van der Waals surface area contributed by atoms with Crippen LogP contribution in [0.25, 0.3) is 21.1 Å². The zero-order valence-electron chi connectivity index (χ0n) is 12.7. The summed E-state index contributed by atoms with van der Waals surface area (Å²) in [6, 6.07) is 12.0. The van der Waals surface area contributed by atoms with Crippen LogP contribution < -0.4 is 5.32 Å². The van der Waals surface area contributed by atoms with Gasteiger partial charge in [0.2, 0.25) is 0 Å². The van der Waals surface area contributed by atoms with Crippen molar-refractivity contribution < 1.29 is 9.18 Å². The number of nitrogens with zero attached hydrogens (tertiary/aromatic N) is 2. The molecule has 0 spiro atoms. The molecule has 25 heavy (non-hydrogen) atoms. The summed E-state index contributed by atoms with van der Waals surface area (Å²) in [6.07, 6.45) is 1.44. The minimum Gasteiger partial charge on any atom is -0.304 e. The van der Waals surface area contributed by atoms with Gasteiger partial charge in [-0.1, -0.05) is 18.2 Å². The molecule has 3 heterocycles. The molecule has 0 aliphatic heterocycles. The van der Waals surface area contributed by atoms with E-state index in [9.17, 15) is 9.18 Å². The number of halogens is 1. The molecule has 0 atom stereocenters. The molecule has 3 aromatic heterocycles. The number of thiophene rings is 1. The highest BCUT2D eigenvalue weighted by Crippen LogP contribution is 2.28. The van der Waals surface area contributed by atoms with Gasteiger partial charge >= 0.3 is 0 Å². The average molecular weight is 370 g/mol. The molecule has 8 heteroatoms. The SMILES string of the molecule is O=C(Nc1cc(-c2cccs2)[nH]n1)c1cnc(-c2ccccc2F)s1. The molecule has 124 valence electrons. The molecule has 2 N–H and O–H groups in total. The molecule has 0 aliphatic carbocycles. The van der Waals surface area contributed by atoms with Crippen molar-refractivity contribution in [3.05, 3.63) is 64.7 Å². The summed E-state index contributed by atoms with van der Waals surface area (Å²) in [4.78, 5) is 17.9. The lowest BCUT2D eigenvalue weighted by Gasteiger charge is -1.98. The number of H-pyrrole nitrogens is 1. The van der Waals surface area contributed by atoms with Crippen molar-refractivity contribution in [1.29, 1.82) is 0 Å². The van der Waals surface area contributed by atoms with Crippen molar-refractivity contribution in [2.75, 3.05) is 5.32 Å². The lowest BCUT2D eigenvalue weighted by Crippen LogP contribution is -2.10. The van der Waals surface area contributed by atoms with Crippen molar-refractivity contribution in [2.24, 2.45) is 0 Å². The van der Waals surface area contributed by atoms with Gasteiger partial charge in [0.15, 0.2) is 5.82 Å². The van der Waals surface area contributed by atoms with Crippen LogP contribution in [0.5, 0.6) is 0 Å². The summed E-state index contributed by atoms with van der Waals surface area (Å²) in [5.74, 6) is -0.268. The highest BCUT2D eigenvalue weighted by molar-refractivity contribution is 7.17. The number of nitrogens with one attached hydrogen (secondary N) is 2. The second-order valence-electron chi connectivity index (χ2n) is 5.11. The fourth-order valence-corrected chi connectivity index (χ4v) is 3.79. The maximum Gasteiger partial charge on any atom is 0.268 e. The third-order valence-corrected chi connectivity index (χ3v) is 5.37. The van der Waals surface area contributed by atoms with E-state index in [-0.39, 0.29) is 11.7 Å². The normalized spacial score (nSPS) is 10.8. The van der Waals surface area contributed by atoms with Crippen LogP contribution in [-0.2, 0) is 0 Å². The molecule has 0 saturated carbocycles. The van der Waals surface area contributed by atoms with E-state index in [0.717, 1.165) is 21.9 Å². The van der Waals surface area contributed by atoms with Crippen LogP contribution in [0.2, 0.25) is 0 Å². The van der Waals surface area contributed by atoms with E-state index in [4.69, 9.17) is 0 Å². The van der Waals surface area contributed by atoms with Gasteiger partial charge in [-0.15, -0.1) is 22.7 Å². The van der Waals surface area contributed by atoms with Gasteiger partial charge < -0.3 is 5.32 Å². The van der Waals surface area contributed by atoms with Gasteiger partial charge in [0, 0.05) is 11.6 Å². The molecular weight excluding hydrogens is 359 g/mol. The van der Waals surface area contributed by atoms with Crippen LogP contribution in [-0.4, -0.2) is 21.1 Å². The van der Waals surface area contributed by atoms with E-state index in [2.05, 4.69) is 20.5 Å². The number of aromatic amines is 1. The van der Waals surface area contributed by atoms with Gasteiger partial charge in [-0.05, 0) is 23.6 Å². The fraction of sp³-hybridized carbons (Fsp3) is 0. The van der Waals surface area contributed by atoms with Gasteiger partial charge in [0.25, 0.3) is 5.91 Å². The van der Waals surface area contributed by atoms with E-state index in [1.165, 1.54) is 12.3 Å². The Morgan fingerprint density at radius 3 is 2.88 bits per heavy atom. The number of hydrogen-bond donors (Lipinski definition) is 2. The minimum atomic E-state index is -0.364. The average Bonchev–Trinajstić information content (AvgIpc) is 3.36. The van der Waals surface area contributed by atoms with Crippen LogP contribution in [0.4, 0.5) is 10.2 Å². The Labute approximate surface area is 150 Å². The summed E-state index contributed by atoms with van der Waals surface area (Å²) < 4.78 is 13.8. The predicted octanol–water partition coefficient (Wildman–Crippen LogP) is 4.65. The van der Waals surface area contributed by atoms with Crippen LogP contribution in [0.15, 0.2) is 54.0 Å². The third kappa shape index (κ3) is 3.21. The number of rotatable bonds is 4. The molecule has 0 aliphatic rings. The monoisotopic (exact) mass is 370 g/mol. The summed E-state index contributed by atoms with van der Waals surface area (Å²) in [5.41, 5.74) is 1.22. The molecule has 1 aromatic carbocycles. The number of carbonyl (C=O) groups excluding carboxylic acids is 1. The van der Waals surface area contributed by atoms with Crippen LogP contribution >= 0.6 is 22.7 Å². The summed E-state index contributed by atoms with van der Waals surface area (Å²) in [7, 11) is 0. The fourth-order valence-electron chi connectivity index (χ4n) is 2.26. The van der Waals surface area contributed by atoms with Crippen molar-refractivity contribution in [3.8, 4) is 21.1 Å². The lowest BCUT2D eigenvalue weighted by atomic mass is 10.2. The molecule has 4 aromatic rings. The molecule has 0 saturated heterocycles. The Balaban J connectivity index is 1.52. The Morgan fingerprint density at radius 2 is 2.08 bits per heavy atom. The van der Waals surface area contributed by atoms with Gasteiger partial charge in [0.05, 0.1) is 16.8 Å². The maximum atomic E-state index is 13.8. The third-order valence-electron chi connectivity index (χ3n) is 3.44. The Kier molecular flexibility index (Phi) is 4.12. The highest BCUT2D eigenvalue weighted by atomic mass is 32.1. The molecule has 5 nitrogen and oxygen atoms in total. The predicted molar refractivity (Wildman–Crippen MR) is 97.4 cm³/mol. The molecular formula is C17H11FN4OS2. The zero-order chi connectivity index (χ0) is 17.2. The molecule has 1 amide bonds.